The van der Waals surface area contributed by atoms with Crippen LogP contribution in [0.2, 0.25) is 0 Å². The molecular formula is C13H24N4S. The van der Waals surface area contributed by atoms with Gasteiger partial charge >= 0.3 is 0 Å². The number of hydrogen-bond donors (Lipinski definition) is 1. The van der Waals surface area contributed by atoms with Crippen LogP contribution in [-0.4, -0.2) is 27.9 Å². The second-order valence-corrected chi connectivity index (χ2v) is 6.51. The fourth-order valence-electron chi connectivity index (χ4n) is 2.30. The number of H-pyrrole nitrogens is 1. The number of aromatic nitrogens is 3. The molecule has 0 unspecified atom stereocenters. The molecular weight excluding hydrogens is 244 g/mol. The first-order valence-electron chi connectivity index (χ1n) is 6.91. The quantitative estimate of drug-likeness (QED) is 0.803. The predicted octanol–water partition coefficient (Wildman–Crippen LogP) is 3.39. The van der Waals surface area contributed by atoms with Crippen LogP contribution in [0.3, 0.4) is 0 Å². The Kier molecular flexibility index (Phi) is 4.10. The zero-order valence-electron chi connectivity index (χ0n) is 11.8. The Bertz CT molecular complexity index is 432. The summed E-state index contributed by atoms with van der Waals surface area (Å²) >= 11 is 5.35. The van der Waals surface area contributed by atoms with Crippen molar-refractivity contribution in [3.8, 4) is 0 Å². The normalized spacial score (nSPS) is 15.7. The maximum absolute atomic E-state index is 5.35. The van der Waals surface area contributed by atoms with Crippen LogP contribution in [0, 0.1) is 16.6 Å². The average Bonchev–Trinajstić information content (AvgIpc) is 3.00. The van der Waals surface area contributed by atoms with Gasteiger partial charge < -0.3 is 4.90 Å². The van der Waals surface area contributed by atoms with Crippen molar-refractivity contribution >= 4 is 18.2 Å². The predicted molar refractivity (Wildman–Crippen MR) is 77.6 cm³/mol. The first-order chi connectivity index (χ1) is 8.49. The summed E-state index contributed by atoms with van der Waals surface area (Å²) in [5, 5.41) is 7.41. The highest BCUT2D eigenvalue weighted by Gasteiger charge is 2.29. The summed E-state index contributed by atoms with van der Waals surface area (Å²) in [5.74, 6) is 2.29. The summed E-state index contributed by atoms with van der Waals surface area (Å²) in [5.41, 5.74) is 0. The smallest absolute Gasteiger partial charge is 0.225 e. The van der Waals surface area contributed by atoms with E-state index in [0.29, 0.717) is 17.9 Å². The molecule has 0 saturated heterocycles. The standard InChI is InChI=1S/C13H24N4S/c1-9(2)7-16(8-10(3)4)12-14-15-13(18)17(12)11-5-6-11/h9-11H,5-8H2,1-4H3,(H,15,18). The van der Waals surface area contributed by atoms with Crippen LogP contribution >= 0.6 is 12.2 Å². The number of anilines is 1. The highest BCUT2D eigenvalue weighted by Crippen LogP contribution is 2.38. The van der Waals surface area contributed by atoms with Crippen LogP contribution in [0.4, 0.5) is 5.95 Å². The van der Waals surface area contributed by atoms with E-state index < -0.39 is 0 Å². The monoisotopic (exact) mass is 268 g/mol. The van der Waals surface area contributed by atoms with Gasteiger partial charge in [-0.1, -0.05) is 27.7 Å². The van der Waals surface area contributed by atoms with E-state index in [2.05, 4.69) is 47.4 Å². The molecule has 0 atom stereocenters. The zero-order chi connectivity index (χ0) is 13.3. The molecule has 1 aliphatic carbocycles. The molecule has 1 saturated carbocycles. The molecule has 0 radical (unpaired) electrons. The summed E-state index contributed by atoms with van der Waals surface area (Å²) in [6.45, 7) is 11.0. The molecule has 1 fully saturated rings. The molecule has 1 heterocycles. The molecule has 1 aromatic rings. The molecule has 0 aliphatic heterocycles. The lowest BCUT2D eigenvalue weighted by molar-refractivity contribution is 0.532. The van der Waals surface area contributed by atoms with Gasteiger partial charge in [0.1, 0.15) is 0 Å². The third kappa shape index (κ3) is 3.13. The highest BCUT2D eigenvalue weighted by molar-refractivity contribution is 7.71. The van der Waals surface area contributed by atoms with Gasteiger partial charge in [-0.05, 0) is 36.9 Å². The van der Waals surface area contributed by atoms with Crippen molar-refractivity contribution in [1.82, 2.24) is 14.8 Å². The zero-order valence-corrected chi connectivity index (χ0v) is 12.6. The van der Waals surface area contributed by atoms with Crippen LogP contribution in [-0.2, 0) is 0 Å². The molecule has 1 aromatic heterocycles. The minimum absolute atomic E-state index is 0.577. The van der Waals surface area contributed by atoms with Gasteiger partial charge in [-0.2, -0.15) is 0 Å². The van der Waals surface area contributed by atoms with Gasteiger partial charge in [0.2, 0.25) is 5.95 Å². The topological polar surface area (TPSA) is 36.9 Å². The minimum atomic E-state index is 0.577. The van der Waals surface area contributed by atoms with Gasteiger partial charge in [-0.3, -0.25) is 4.57 Å². The Hall–Kier alpha value is -0.840. The summed E-state index contributed by atoms with van der Waals surface area (Å²) < 4.78 is 2.98. The highest BCUT2D eigenvalue weighted by atomic mass is 32.1. The Balaban J connectivity index is 2.26. The first-order valence-corrected chi connectivity index (χ1v) is 7.31. The van der Waals surface area contributed by atoms with Crippen LogP contribution in [0.5, 0.6) is 0 Å². The number of rotatable bonds is 6. The van der Waals surface area contributed by atoms with E-state index in [4.69, 9.17) is 12.2 Å². The Morgan fingerprint density at radius 3 is 2.28 bits per heavy atom. The van der Waals surface area contributed by atoms with Crippen molar-refractivity contribution in [1.29, 1.82) is 0 Å². The fraction of sp³-hybridized carbons (Fsp3) is 0.846. The van der Waals surface area contributed by atoms with Crippen molar-refractivity contribution in [2.45, 2.75) is 46.6 Å². The first kappa shape index (κ1) is 13.6. The van der Waals surface area contributed by atoms with Crippen LogP contribution in [0.15, 0.2) is 0 Å². The molecule has 4 nitrogen and oxygen atoms in total. The van der Waals surface area contributed by atoms with Gasteiger partial charge in [0.15, 0.2) is 4.77 Å². The molecule has 5 heteroatoms. The molecule has 18 heavy (non-hydrogen) atoms. The lowest BCUT2D eigenvalue weighted by Gasteiger charge is -2.27. The summed E-state index contributed by atoms with van der Waals surface area (Å²) in [6.07, 6.45) is 2.47. The van der Waals surface area contributed by atoms with Crippen molar-refractivity contribution in [2.24, 2.45) is 11.8 Å². The third-order valence-electron chi connectivity index (χ3n) is 3.05. The van der Waals surface area contributed by atoms with Crippen LogP contribution in [0.1, 0.15) is 46.6 Å². The van der Waals surface area contributed by atoms with E-state index in [1.165, 1.54) is 12.8 Å². The molecule has 0 bridgehead atoms. The Morgan fingerprint density at radius 2 is 1.83 bits per heavy atom. The molecule has 0 amide bonds. The Morgan fingerprint density at radius 1 is 1.28 bits per heavy atom. The van der Waals surface area contributed by atoms with Gasteiger partial charge in [-0.15, -0.1) is 5.10 Å². The van der Waals surface area contributed by atoms with E-state index in [1.54, 1.807) is 0 Å². The average molecular weight is 268 g/mol. The lowest BCUT2D eigenvalue weighted by atomic mass is 10.1. The van der Waals surface area contributed by atoms with Crippen molar-refractivity contribution in [2.75, 3.05) is 18.0 Å². The summed E-state index contributed by atoms with van der Waals surface area (Å²) in [6, 6.07) is 0.577. The SMILES string of the molecule is CC(C)CN(CC(C)C)c1n[nH]c(=S)n1C1CC1. The van der Waals surface area contributed by atoms with Gasteiger partial charge in [-0.25, -0.2) is 5.10 Å². The molecule has 2 rings (SSSR count). The van der Waals surface area contributed by atoms with E-state index >= 15 is 0 Å². The molecule has 102 valence electrons. The maximum Gasteiger partial charge on any atom is 0.225 e. The van der Waals surface area contributed by atoms with Gasteiger partial charge in [0.25, 0.3) is 0 Å². The molecule has 1 aliphatic rings. The fourth-order valence-corrected chi connectivity index (χ4v) is 2.58. The van der Waals surface area contributed by atoms with Gasteiger partial charge in [0.05, 0.1) is 0 Å². The van der Waals surface area contributed by atoms with E-state index in [1.807, 2.05) is 0 Å². The van der Waals surface area contributed by atoms with E-state index in [9.17, 15) is 0 Å². The number of hydrogen-bond acceptors (Lipinski definition) is 3. The van der Waals surface area contributed by atoms with Crippen molar-refractivity contribution < 1.29 is 0 Å². The van der Waals surface area contributed by atoms with Gasteiger partial charge in [0, 0.05) is 19.1 Å². The summed E-state index contributed by atoms with van der Waals surface area (Å²) in [4.78, 5) is 2.37. The number of aromatic amines is 1. The third-order valence-corrected chi connectivity index (χ3v) is 3.34. The number of nitrogens with one attached hydrogen (secondary N) is 1. The maximum atomic E-state index is 5.35. The molecule has 0 aromatic carbocycles. The minimum Gasteiger partial charge on any atom is -0.340 e. The molecule has 0 spiro atoms. The van der Waals surface area contributed by atoms with Crippen LogP contribution in [0.25, 0.3) is 0 Å². The largest absolute Gasteiger partial charge is 0.340 e. The summed E-state index contributed by atoms with van der Waals surface area (Å²) in [7, 11) is 0. The van der Waals surface area contributed by atoms with Crippen LogP contribution < -0.4 is 4.90 Å². The van der Waals surface area contributed by atoms with E-state index in [0.717, 1.165) is 23.8 Å². The second-order valence-electron chi connectivity index (χ2n) is 6.12. The number of nitrogens with zero attached hydrogens (tertiary/aromatic N) is 3. The lowest BCUT2D eigenvalue weighted by Crippen LogP contribution is -2.33. The second kappa shape index (κ2) is 5.43. The van der Waals surface area contributed by atoms with E-state index in [-0.39, 0.29) is 0 Å². The van der Waals surface area contributed by atoms with Crippen molar-refractivity contribution in [3.63, 3.8) is 0 Å². The Labute approximate surface area is 114 Å². The van der Waals surface area contributed by atoms with Crippen molar-refractivity contribution in [3.05, 3.63) is 4.77 Å². The molecule has 1 N–H and O–H groups in total.